The number of alkyl halides is 3. The van der Waals surface area contributed by atoms with Crippen LogP contribution in [-0.4, -0.2) is 6.54 Å². The highest BCUT2D eigenvalue weighted by Crippen LogP contribution is 2.33. The van der Waals surface area contributed by atoms with Gasteiger partial charge < -0.3 is 5.32 Å². The Morgan fingerprint density at radius 3 is 2.58 bits per heavy atom. The molecule has 5 heteroatoms. The second kappa shape index (κ2) is 5.52. The molecule has 0 heterocycles. The first-order valence-corrected chi connectivity index (χ1v) is 6.36. The summed E-state index contributed by atoms with van der Waals surface area (Å²) in [4.78, 5) is 0. The summed E-state index contributed by atoms with van der Waals surface area (Å²) in [5.74, 6) is 0.748. The van der Waals surface area contributed by atoms with E-state index in [0.29, 0.717) is 5.69 Å². The Morgan fingerprint density at radius 1 is 1.32 bits per heavy atom. The van der Waals surface area contributed by atoms with Crippen LogP contribution < -0.4 is 5.32 Å². The Kier molecular flexibility index (Phi) is 3.98. The van der Waals surface area contributed by atoms with Gasteiger partial charge in [0, 0.05) is 12.2 Å². The number of hydrogen-bond acceptors (Lipinski definition) is 2. The summed E-state index contributed by atoms with van der Waals surface area (Å²) in [5, 5.41) is 11.9. The number of rotatable bonds is 4. The molecule has 1 aromatic carbocycles. The number of benzene rings is 1. The highest BCUT2D eigenvalue weighted by molar-refractivity contribution is 5.53. The van der Waals surface area contributed by atoms with Crippen LogP contribution in [0.25, 0.3) is 0 Å². The summed E-state index contributed by atoms with van der Waals surface area (Å²) in [6.45, 7) is 0.737. The van der Waals surface area contributed by atoms with E-state index in [9.17, 15) is 13.2 Å². The lowest BCUT2D eigenvalue weighted by atomic mass is 9.83. The smallest absolute Gasteiger partial charge is 0.385 e. The van der Waals surface area contributed by atoms with Gasteiger partial charge in [-0.1, -0.05) is 19.3 Å². The van der Waals surface area contributed by atoms with Crippen molar-refractivity contribution in [1.29, 1.82) is 5.26 Å². The summed E-state index contributed by atoms with van der Waals surface area (Å²) in [6, 6.07) is 5.21. The fourth-order valence-corrected chi connectivity index (χ4v) is 2.20. The van der Waals surface area contributed by atoms with E-state index >= 15 is 0 Å². The van der Waals surface area contributed by atoms with Crippen LogP contribution in [0.15, 0.2) is 18.2 Å². The maximum Gasteiger partial charge on any atom is 0.417 e. The summed E-state index contributed by atoms with van der Waals surface area (Å²) >= 11 is 0. The predicted octanol–water partition coefficient (Wildman–Crippen LogP) is 4.18. The molecular weight excluding hydrogens is 253 g/mol. The first-order valence-electron chi connectivity index (χ1n) is 6.36. The minimum atomic E-state index is -4.48. The van der Waals surface area contributed by atoms with E-state index in [-0.39, 0.29) is 5.56 Å². The Balaban J connectivity index is 2.00. The Labute approximate surface area is 110 Å². The van der Waals surface area contributed by atoms with Crippen LogP contribution in [0.3, 0.4) is 0 Å². The molecule has 1 N–H and O–H groups in total. The SMILES string of the molecule is N#Cc1cc(NCCC2CCC2)ccc1C(F)(F)F. The number of nitriles is 1. The maximum atomic E-state index is 12.6. The summed E-state index contributed by atoms with van der Waals surface area (Å²) in [5.41, 5.74) is -0.635. The van der Waals surface area contributed by atoms with Crippen LogP contribution in [-0.2, 0) is 6.18 Å². The number of halogens is 3. The van der Waals surface area contributed by atoms with E-state index in [1.165, 1.54) is 31.4 Å². The lowest BCUT2D eigenvalue weighted by Crippen LogP contribution is -2.16. The molecule has 1 saturated carbocycles. The zero-order valence-electron chi connectivity index (χ0n) is 10.4. The fourth-order valence-electron chi connectivity index (χ4n) is 2.20. The van der Waals surface area contributed by atoms with Crippen molar-refractivity contribution < 1.29 is 13.2 Å². The van der Waals surface area contributed by atoms with Crippen molar-refractivity contribution in [2.75, 3.05) is 11.9 Å². The maximum absolute atomic E-state index is 12.6. The highest BCUT2D eigenvalue weighted by atomic mass is 19.4. The monoisotopic (exact) mass is 268 g/mol. The van der Waals surface area contributed by atoms with Crippen molar-refractivity contribution >= 4 is 5.69 Å². The van der Waals surface area contributed by atoms with Gasteiger partial charge in [-0.05, 0) is 30.5 Å². The molecule has 0 aliphatic heterocycles. The molecule has 19 heavy (non-hydrogen) atoms. The Bertz CT molecular complexity index is 484. The molecule has 0 saturated heterocycles. The second-order valence-corrected chi connectivity index (χ2v) is 4.88. The van der Waals surface area contributed by atoms with E-state index in [1.54, 1.807) is 6.07 Å². The quantitative estimate of drug-likeness (QED) is 0.889. The molecule has 1 aliphatic rings. The molecule has 1 aromatic rings. The van der Waals surface area contributed by atoms with Gasteiger partial charge >= 0.3 is 6.18 Å². The van der Waals surface area contributed by atoms with Crippen molar-refractivity contribution in [3.63, 3.8) is 0 Å². The van der Waals surface area contributed by atoms with Crippen LogP contribution >= 0.6 is 0 Å². The molecule has 2 rings (SSSR count). The van der Waals surface area contributed by atoms with E-state index < -0.39 is 11.7 Å². The molecule has 0 bridgehead atoms. The average Bonchev–Trinajstić information content (AvgIpc) is 2.30. The van der Waals surface area contributed by atoms with E-state index in [1.807, 2.05) is 0 Å². The summed E-state index contributed by atoms with van der Waals surface area (Å²) < 4.78 is 37.8. The third-order valence-corrected chi connectivity index (χ3v) is 3.55. The molecule has 1 fully saturated rings. The third-order valence-electron chi connectivity index (χ3n) is 3.55. The second-order valence-electron chi connectivity index (χ2n) is 4.88. The first kappa shape index (κ1) is 13.7. The molecule has 2 nitrogen and oxygen atoms in total. The van der Waals surface area contributed by atoms with Gasteiger partial charge in [-0.25, -0.2) is 0 Å². The van der Waals surface area contributed by atoms with Gasteiger partial charge in [0.25, 0.3) is 0 Å². The van der Waals surface area contributed by atoms with Crippen LogP contribution in [0.5, 0.6) is 0 Å². The molecule has 1 aliphatic carbocycles. The lowest BCUT2D eigenvalue weighted by molar-refractivity contribution is -0.137. The van der Waals surface area contributed by atoms with Crippen LogP contribution in [0, 0.1) is 17.2 Å². The molecule has 102 valence electrons. The minimum absolute atomic E-state index is 0.332. The molecule has 0 unspecified atom stereocenters. The summed E-state index contributed by atoms with van der Waals surface area (Å²) in [6.07, 6.45) is 0.332. The average molecular weight is 268 g/mol. The normalized spacial score (nSPS) is 15.7. The van der Waals surface area contributed by atoms with E-state index in [2.05, 4.69) is 5.32 Å². The van der Waals surface area contributed by atoms with Crippen molar-refractivity contribution in [2.45, 2.75) is 31.9 Å². The van der Waals surface area contributed by atoms with Crippen LogP contribution in [0.2, 0.25) is 0 Å². The zero-order valence-corrected chi connectivity index (χ0v) is 10.4. The molecule has 0 atom stereocenters. The number of nitrogens with zero attached hydrogens (tertiary/aromatic N) is 1. The number of anilines is 1. The van der Waals surface area contributed by atoms with Gasteiger partial charge in [0.2, 0.25) is 0 Å². The van der Waals surface area contributed by atoms with E-state index in [0.717, 1.165) is 24.9 Å². The van der Waals surface area contributed by atoms with Crippen molar-refractivity contribution in [2.24, 2.45) is 5.92 Å². The van der Waals surface area contributed by atoms with Crippen molar-refractivity contribution in [1.82, 2.24) is 0 Å². The van der Waals surface area contributed by atoms with Crippen LogP contribution in [0.4, 0.5) is 18.9 Å². The molecular formula is C14H15F3N2. The van der Waals surface area contributed by atoms with Gasteiger partial charge in [0.1, 0.15) is 0 Å². The van der Waals surface area contributed by atoms with E-state index in [4.69, 9.17) is 5.26 Å². The number of nitrogens with one attached hydrogen (secondary N) is 1. The largest absolute Gasteiger partial charge is 0.417 e. The molecule has 0 aromatic heterocycles. The van der Waals surface area contributed by atoms with Crippen molar-refractivity contribution in [3.05, 3.63) is 29.3 Å². The third kappa shape index (κ3) is 3.40. The van der Waals surface area contributed by atoms with Gasteiger partial charge in [-0.3, -0.25) is 0 Å². The predicted molar refractivity (Wildman–Crippen MR) is 66.6 cm³/mol. The minimum Gasteiger partial charge on any atom is -0.385 e. The van der Waals surface area contributed by atoms with Gasteiger partial charge in [-0.2, -0.15) is 18.4 Å². The standard InChI is InChI=1S/C14H15F3N2/c15-14(16,17)13-5-4-12(8-11(13)9-18)19-7-6-10-2-1-3-10/h4-5,8,10,19H,1-3,6-7H2. The summed E-state index contributed by atoms with van der Waals surface area (Å²) in [7, 11) is 0. The lowest BCUT2D eigenvalue weighted by Gasteiger charge is -2.25. The van der Waals surface area contributed by atoms with Gasteiger partial charge in [-0.15, -0.1) is 0 Å². The number of hydrogen-bond donors (Lipinski definition) is 1. The Morgan fingerprint density at radius 2 is 2.05 bits per heavy atom. The van der Waals surface area contributed by atoms with Crippen molar-refractivity contribution in [3.8, 4) is 6.07 Å². The van der Waals surface area contributed by atoms with Gasteiger partial charge in [0.05, 0.1) is 17.2 Å². The zero-order chi connectivity index (χ0) is 13.9. The van der Waals surface area contributed by atoms with Gasteiger partial charge in [0.15, 0.2) is 0 Å². The molecule has 0 spiro atoms. The topological polar surface area (TPSA) is 35.8 Å². The first-order chi connectivity index (χ1) is 9.00. The Hall–Kier alpha value is -1.70. The molecule has 0 amide bonds. The van der Waals surface area contributed by atoms with Crippen LogP contribution in [0.1, 0.15) is 36.8 Å². The highest BCUT2D eigenvalue weighted by Gasteiger charge is 2.33. The fraction of sp³-hybridized carbons (Fsp3) is 0.500. The molecule has 0 radical (unpaired) electrons.